The average molecular weight is 255 g/mol. The number of ketones is 1. The average Bonchev–Trinajstić information content (AvgIpc) is 2.01. The molecule has 0 spiro atoms. The van der Waals surface area contributed by atoms with Crippen LogP contribution in [0, 0.1) is 19.8 Å². The van der Waals surface area contributed by atoms with Crippen molar-refractivity contribution in [1.29, 1.82) is 0 Å². The van der Waals surface area contributed by atoms with Crippen LogP contribution >= 0.6 is 15.9 Å². The minimum Gasteiger partial charge on any atom is -0.294 e. The predicted octanol–water partition coefficient (Wildman–Crippen LogP) is 3.90. The largest absolute Gasteiger partial charge is 0.294 e. The summed E-state index contributed by atoms with van der Waals surface area (Å²) in [4.78, 5) is 11.9. The molecule has 0 fully saturated rings. The number of hydrogen-bond donors (Lipinski definition) is 0. The van der Waals surface area contributed by atoms with E-state index in [2.05, 4.69) is 15.9 Å². The van der Waals surface area contributed by atoms with Crippen molar-refractivity contribution in [3.63, 3.8) is 0 Å². The van der Waals surface area contributed by atoms with Gasteiger partial charge in [-0.25, -0.2) is 0 Å². The molecule has 14 heavy (non-hydrogen) atoms. The van der Waals surface area contributed by atoms with Crippen molar-refractivity contribution in [2.24, 2.45) is 5.92 Å². The molecule has 0 bridgehead atoms. The second kappa shape index (κ2) is 4.26. The molecule has 1 nitrogen and oxygen atoms in total. The van der Waals surface area contributed by atoms with E-state index in [1.54, 1.807) is 0 Å². The van der Waals surface area contributed by atoms with Crippen molar-refractivity contribution in [3.8, 4) is 0 Å². The molecule has 0 aromatic heterocycles. The third-order valence-corrected chi connectivity index (χ3v) is 2.73. The van der Waals surface area contributed by atoms with Gasteiger partial charge in [0.15, 0.2) is 5.78 Å². The Hall–Kier alpha value is -0.630. The number of halogens is 1. The van der Waals surface area contributed by atoms with Crippen LogP contribution in [-0.4, -0.2) is 5.78 Å². The lowest BCUT2D eigenvalue weighted by Crippen LogP contribution is -2.11. The molecule has 0 saturated heterocycles. The van der Waals surface area contributed by atoms with Gasteiger partial charge in [0.25, 0.3) is 0 Å². The second-order valence-electron chi connectivity index (χ2n) is 3.93. The summed E-state index contributed by atoms with van der Waals surface area (Å²) < 4.78 is 1.04. The Kier molecular flexibility index (Phi) is 3.48. The van der Waals surface area contributed by atoms with Crippen molar-refractivity contribution in [2.75, 3.05) is 0 Å². The molecule has 0 heterocycles. The Labute approximate surface area is 93.7 Å². The lowest BCUT2D eigenvalue weighted by Gasteiger charge is -2.11. The van der Waals surface area contributed by atoms with Gasteiger partial charge in [0.05, 0.1) is 0 Å². The number of carbonyl (C=O) groups is 1. The van der Waals surface area contributed by atoms with E-state index < -0.39 is 0 Å². The normalized spacial score (nSPS) is 10.7. The van der Waals surface area contributed by atoms with Gasteiger partial charge >= 0.3 is 0 Å². The molecule has 0 radical (unpaired) electrons. The van der Waals surface area contributed by atoms with Crippen LogP contribution in [0.15, 0.2) is 16.6 Å². The van der Waals surface area contributed by atoms with Crippen LogP contribution in [0.5, 0.6) is 0 Å². The summed E-state index contributed by atoms with van der Waals surface area (Å²) in [5, 5.41) is 0. The first-order valence-electron chi connectivity index (χ1n) is 4.74. The van der Waals surface area contributed by atoms with Gasteiger partial charge in [0, 0.05) is 16.0 Å². The Bertz CT molecular complexity index is 344. The van der Waals surface area contributed by atoms with Gasteiger partial charge in [-0.05, 0) is 37.1 Å². The molecule has 0 unspecified atom stereocenters. The number of benzene rings is 1. The van der Waals surface area contributed by atoms with Gasteiger partial charge in [-0.1, -0.05) is 29.8 Å². The second-order valence-corrected chi connectivity index (χ2v) is 4.85. The Morgan fingerprint density at radius 2 is 1.64 bits per heavy atom. The SMILES string of the molecule is Cc1cc(Br)cc(C)c1C(=O)C(C)C. The summed E-state index contributed by atoms with van der Waals surface area (Å²) >= 11 is 3.42. The van der Waals surface area contributed by atoms with Crippen LogP contribution in [-0.2, 0) is 0 Å². The maximum atomic E-state index is 11.9. The third-order valence-electron chi connectivity index (χ3n) is 2.27. The molecule has 0 atom stereocenters. The number of carbonyl (C=O) groups excluding carboxylic acids is 1. The minimum absolute atomic E-state index is 0.0635. The van der Waals surface area contributed by atoms with E-state index in [1.165, 1.54) is 0 Å². The summed E-state index contributed by atoms with van der Waals surface area (Å²) in [6, 6.07) is 3.98. The molecule has 1 aromatic rings. The number of hydrogen-bond acceptors (Lipinski definition) is 1. The van der Waals surface area contributed by atoms with Crippen molar-refractivity contribution in [1.82, 2.24) is 0 Å². The van der Waals surface area contributed by atoms with E-state index in [-0.39, 0.29) is 11.7 Å². The lowest BCUT2D eigenvalue weighted by atomic mass is 9.93. The fraction of sp³-hybridized carbons (Fsp3) is 0.417. The third kappa shape index (κ3) is 2.24. The maximum absolute atomic E-state index is 11.9. The zero-order valence-corrected chi connectivity index (χ0v) is 10.6. The zero-order valence-electron chi connectivity index (χ0n) is 9.02. The van der Waals surface area contributed by atoms with Crippen LogP contribution in [0.2, 0.25) is 0 Å². The molecule has 0 N–H and O–H groups in total. The minimum atomic E-state index is 0.0635. The van der Waals surface area contributed by atoms with Gasteiger partial charge < -0.3 is 0 Å². The topological polar surface area (TPSA) is 17.1 Å². The smallest absolute Gasteiger partial charge is 0.165 e. The fourth-order valence-corrected chi connectivity index (χ4v) is 2.27. The number of rotatable bonds is 2. The van der Waals surface area contributed by atoms with Gasteiger partial charge in [-0.2, -0.15) is 0 Å². The summed E-state index contributed by atoms with van der Waals surface area (Å²) in [6.07, 6.45) is 0. The van der Waals surface area contributed by atoms with Gasteiger partial charge in [-0.3, -0.25) is 4.79 Å². The van der Waals surface area contributed by atoms with E-state index >= 15 is 0 Å². The van der Waals surface area contributed by atoms with E-state index in [9.17, 15) is 4.79 Å². The number of Topliss-reactive ketones (excluding diaryl/α,β-unsaturated/α-hetero) is 1. The molecule has 1 rings (SSSR count). The van der Waals surface area contributed by atoms with Crippen molar-refractivity contribution >= 4 is 21.7 Å². The first-order valence-corrected chi connectivity index (χ1v) is 5.53. The first-order chi connectivity index (χ1) is 6.43. The van der Waals surface area contributed by atoms with Gasteiger partial charge in [0.2, 0.25) is 0 Å². The van der Waals surface area contributed by atoms with Crippen LogP contribution in [0.1, 0.15) is 35.3 Å². The predicted molar refractivity (Wildman–Crippen MR) is 62.8 cm³/mol. The molecule has 1 aromatic carbocycles. The maximum Gasteiger partial charge on any atom is 0.165 e. The highest BCUT2D eigenvalue weighted by molar-refractivity contribution is 9.10. The highest BCUT2D eigenvalue weighted by Gasteiger charge is 2.15. The molecule has 2 heteroatoms. The van der Waals surface area contributed by atoms with E-state index in [1.807, 2.05) is 39.8 Å². The van der Waals surface area contributed by atoms with Crippen molar-refractivity contribution < 1.29 is 4.79 Å². The monoisotopic (exact) mass is 254 g/mol. The summed E-state index contributed by atoms with van der Waals surface area (Å²) in [5.41, 5.74) is 2.98. The van der Waals surface area contributed by atoms with E-state index in [0.717, 1.165) is 21.2 Å². The molecule has 0 amide bonds. The van der Waals surface area contributed by atoms with Gasteiger partial charge in [0.1, 0.15) is 0 Å². The molecule has 0 aliphatic carbocycles. The number of aryl methyl sites for hydroxylation is 2. The summed E-state index contributed by atoms with van der Waals surface area (Å²) in [5.74, 6) is 0.293. The summed E-state index contributed by atoms with van der Waals surface area (Å²) in [7, 11) is 0. The van der Waals surface area contributed by atoms with E-state index in [4.69, 9.17) is 0 Å². The Morgan fingerprint density at radius 3 is 2.00 bits per heavy atom. The molecule has 0 saturated carbocycles. The fourth-order valence-electron chi connectivity index (χ4n) is 1.59. The molecular formula is C12H15BrO. The quantitative estimate of drug-likeness (QED) is 0.732. The lowest BCUT2D eigenvalue weighted by molar-refractivity contribution is 0.0938. The first kappa shape index (κ1) is 11.4. The van der Waals surface area contributed by atoms with Crippen LogP contribution in [0.4, 0.5) is 0 Å². The zero-order chi connectivity index (χ0) is 10.9. The summed E-state index contributed by atoms with van der Waals surface area (Å²) in [6.45, 7) is 7.83. The highest BCUT2D eigenvalue weighted by atomic mass is 79.9. The van der Waals surface area contributed by atoms with Crippen molar-refractivity contribution in [3.05, 3.63) is 33.3 Å². The Morgan fingerprint density at radius 1 is 1.21 bits per heavy atom. The van der Waals surface area contributed by atoms with Crippen LogP contribution in [0.3, 0.4) is 0 Å². The molecular weight excluding hydrogens is 240 g/mol. The molecule has 76 valence electrons. The molecule has 0 aliphatic rings. The standard InChI is InChI=1S/C12H15BrO/c1-7(2)12(14)11-8(3)5-10(13)6-9(11)4/h5-7H,1-4H3. The van der Waals surface area contributed by atoms with Crippen LogP contribution < -0.4 is 0 Å². The molecule has 0 aliphatic heterocycles. The Balaban J connectivity index is 3.28. The van der Waals surface area contributed by atoms with Gasteiger partial charge in [-0.15, -0.1) is 0 Å². The van der Waals surface area contributed by atoms with E-state index in [0.29, 0.717) is 0 Å². The van der Waals surface area contributed by atoms with Crippen molar-refractivity contribution in [2.45, 2.75) is 27.7 Å². The van der Waals surface area contributed by atoms with Crippen LogP contribution in [0.25, 0.3) is 0 Å². The highest BCUT2D eigenvalue weighted by Crippen LogP contribution is 2.22.